The van der Waals surface area contributed by atoms with E-state index in [2.05, 4.69) is 57.8 Å². The predicted molar refractivity (Wildman–Crippen MR) is 166 cm³/mol. The topological polar surface area (TPSA) is 72.9 Å². The molecular formula is C33H37N7O. The van der Waals surface area contributed by atoms with Crippen LogP contribution in [0.3, 0.4) is 0 Å². The van der Waals surface area contributed by atoms with Crippen LogP contribution in [0.2, 0.25) is 0 Å². The van der Waals surface area contributed by atoms with Gasteiger partial charge in [0.1, 0.15) is 0 Å². The summed E-state index contributed by atoms with van der Waals surface area (Å²) in [5.41, 5.74) is 8.60. The number of hydrogen-bond acceptors (Lipinski definition) is 5. The Labute approximate surface area is 239 Å². The van der Waals surface area contributed by atoms with E-state index in [1.165, 1.54) is 25.0 Å². The van der Waals surface area contributed by atoms with Crippen LogP contribution in [-0.2, 0) is 21.1 Å². The second-order valence-corrected chi connectivity index (χ2v) is 11.7. The van der Waals surface area contributed by atoms with E-state index in [4.69, 9.17) is 4.98 Å². The third kappa shape index (κ3) is 4.71. The summed E-state index contributed by atoms with van der Waals surface area (Å²) in [7, 11) is 5.68. The van der Waals surface area contributed by atoms with Crippen molar-refractivity contribution in [3.05, 3.63) is 77.1 Å². The molecule has 7 rings (SSSR count). The molecule has 41 heavy (non-hydrogen) atoms. The zero-order valence-electron chi connectivity index (χ0n) is 24.1. The van der Waals surface area contributed by atoms with Crippen molar-refractivity contribution < 1.29 is 0 Å². The van der Waals surface area contributed by atoms with Crippen LogP contribution >= 0.6 is 0 Å². The van der Waals surface area contributed by atoms with Gasteiger partial charge in [-0.1, -0.05) is 24.3 Å². The molecule has 2 aromatic carbocycles. The fraction of sp³-hybridized carbons (Fsp3) is 0.364. The lowest BCUT2D eigenvalue weighted by Gasteiger charge is -2.32. The Morgan fingerprint density at radius 3 is 2.59 bits per heavy atom. The predicted octanol–water partition coefficient (Wildman–Crippen LogP) is 4.58. The van der Waals surface area contributed by atoms with Gasteiger partial charge in [-0.05, 0) is 78.6 Å². The van der Waals surface area contributed by atoms with Crippen molar-refractivity contribution in [2.45, 2.75) is 19.3 Å². The monoisotopic (exact) mass is 547 g/mol. The average molecular weight is 548 g/mol. The highest BCUT2D eigenvalue weighted by atomic mass is 16.1. The van der Waals surface area contributed by atoms with Crippen LogP contribution in [0, 0.1) is 5.92 Å². The Balaban J connectivity index is 1.30. The van der Waals surface area contributed by atoms with Gasteiger partial charge >= 0.3 is 5.69 Å². The molecule has 0 amide bonds. The highest BCUT2D eigenvalue weighted by Crippen LogP contribution is 2.37. The van der Waals surface area contributed by atoms with Crippen LogP contribution in [0.5, 0.6) is 0 Å². The molecule has 0 unspecified atom stereocenters. The molecule has 2 aliphatic heterocycles. The second kappa shape index (κ2) is 10.4. The number of pyridine rings is 1. The van der Waals surface area contributed by atoms with Crippen LogP contribution in [-0.4, -0.2) is 61.5 Å². The SMILES string of the molecule is Cn1cc(-c2cc3cccc(-c4cc(C5=CCN(CC6CCNCC6)CC5)c5c(c4)n(C)c(=O)n5C)c3cn2)cn1. The molecule has 8 heteroatoms. The minimum atomic E-state index is 0.00282. The third-order valence-electron chi connectivity index (χ3n) is 9.05. The Morgan fingerprint density at radius 2 is 1.83 bits per heavy atom. The number of rotatable bonds is 5. The van der Waals surface area contributed by atoms with Gasteiger partial charge in [-0.15, -0.1) is 0 Å². The number of piperidine rings is 1. The number of fused-ring (bicyclic) bond motifs is 2. The summed E-state index contributed by atoms with van der Waals surface area (Å²) in [6, 6.07) is 13.0. The number of benzene rings is 2. The van der Waals surface area contributed by atoms with Crippen LogP contribution in [0.15, 0.2) is 65.9 Å². The van der Waals surface area contributed by atoms with Gasteiger partial charge in [0.25, 0.3) is 0 Å². The molecule has 1 N–H and O–H groups in total. The molecule has 0 bridgehead atoms. The summed E-state index contributed by atoms with van der Waals surface area (Å²) in [5, 5.41) is 10.0. The van der Waals surface area contributed by atoms with E-state index in [0.717, 1.165) is 88.3 Å². The lowest BCUT2D eigenvalue weighted by atomic mass is 9.91. The summed E-state index contributed by atoms with van der Waals surface area (Å²) in [6.07, 6.45) is 11.7. The molecular weight excluding hydrogens is 510 g/mol. The maximum Gasteiger partial charge on any atom is 0.328 e. The van der Waals surface area contributed by atoms with Gasteiger partial charge in [-0.25, -0.2) is 4.79 Å². The molecule has 1 saturated heterocycles. The van der Waals surface area contributed by atoms with Gasteiger partial charge in [-0.2, -0.15) is 5.10 Å². The highest BCUT2D eigenvalue weighted by molar-refractivity contribution is 6.01. The first-order valence-corrected chi connectivity index (χ1v) is 14.7. The van der Waals surface area contributed by atoms with E-state index >= 15 is 0 Å². The van der Waals surface area contributed by atoms with Gasteiger partial charge in [0.2, 0.25) is 0 Å². The van der Waals surface area contributed by atoms with Gasteiger partial charge in [0, 0.05) is 69.7 Å². The first kappa shape index (κ1) is 25.9. The van der Waals surface area contributed by atoms with Crippen molar-refractivity contribution in [2.24, 2.45) is 27.1 Å². The highest BCUT2D eigenvalue weighted by Gasteiger charge is 2.23. The maximum atomic E-state index is 13.1. The normalized spacial score (nSPS) is 17.0. The number of nitrogens with zero attached hydrogens (tertiary/aromatic N) is 6. The first-order valence-electron chi connectivity index (χ1n) is 14.7. The quantitative estimate of drug-likeness (QED) is 0.349. The summed E-state index contributed by atoms with van der Waals surface area (Å²) in [4.78, 5) is 20.5. The maximum absolute atomic E-state index is 13.1. The molecule has 1 fully saturated rings. The standard InChI is InChI=1S/C33H37N7O/c1-37-21-26(18-36-37)30-16-24-5-4-6-27(29(24)19-35-30)25-15-28(32-31(17-25)38(2)33(41)39(32)3)23-9-13-40(14-10-23)20-22-7-11-34-12-8-22/h4-6,9,15-19,21-22,34H,7-8,10-14,20H2,1-3H3. The average Bonchev–Trinajstić information content (AvgIpc) is 3.54. The van der Waals surface area contributed by atoms with E-state index in [9.17, 15) is 4.79 Å². The van der Waals surface area contributed by atoms with Crippen molar-refractivity contribution >= 4 is 27.4 Å². The van der Waals surface area contributed by atoms with Crippen LogP contribution in [0.25, 0.3) is 49.8 Å². The second-order valence-electron chi connectivity index (χ2n) is 11.7. The molecule has 5 heterocycles. The van der Waals surface area contributed by atoms with Crippen molar-refractivity contribution in [3.63, 3.8) is 0 Å². The summed E-state index contributed by atoms with van der Waals surface area (Å²) < 4.78 is 5.38. The molecule has 0 radical (unpaired) electrons. The number of nitrogens with one attached hydrogen (secondary N) is 1. The smallest absolute Gasteiger partial charge is 0.317 e. The van der Waals surface area contributed by atoms with Crippen molar-refractivity contribution in [1.29, 1.82) is 0 Å². The van der Waals surface area contributed by atoms with Crippen molar-refractivity contribution in [1.82, 2.24) is 34.1 Å². The van der Waals surface area contributed by atoms with Gasteiger partial charge in [-0.3, -0.25) is 23.7 Å². The van der Waals surface area contributed by atoms with Crippen molar-refractivity contribution in [2.75, 3.05) is 32.7 Å². The van der Waals surface area contributed by atoms with Crippen LogP contribution in [0.4, 0.5) is 0 Å². The van der Waals surface area contributed by atoms with Crippen LogP contribution < -0.4 is 11.0 Å². The van der Waals surface area contributed by atoms with E-state index in [0.29, 0.717) is 0 Å². The fourth-order valence-electron chi connectivity index (χ4n) is 6.74. The zero-order chi connectivity index (χ0) is 28.1. The summed E-state index contributed by atoms with van der Waals surface area (Å²) >= 11 is 0. The van der Waals surface area contributed by atoms with E-state index in [-0.39, 0.29) is 5.69 Å². The summed E-state index contributed by atoms with van der Waals surface area (Å²) in [6.45, 7) is 5.47. The lowest BCUT2D eigenvalue weighted by Crippen LogP contribution is -2.38. The Kier molecular flexibility index (Phi) is 6.60. The number of hydrogen-bond donors (Lipinski definition) is 1. The number of aromatic nitrogens is 5. The minimum Gasteiger partial charge on any atom is -0.317 e. The van der Waals surface area contributed by atoms with E-state index in [1.807, 2.05) is 44.3 Å². The van der Waals surface area contributed by atoms with Crippen LogP contribution in [0.1, 0.15) is 24.8 Å². The van der Waals surface area contributed by atoms with Gasteiger partial charge < -0.3 is 5.32 Å². The largest absolute Gasteiger partial charge is 0.328 e. The zero-order valence-corrected chi connectivity index (χ0v) is 24.1. The molecule has 0 atom stereocenters. The van der Waals surface area contributed by atoms with Gasteiger partial charge in [0.15, 0.2) is 0 Å². The fourth-order valence-corrected chi connectivity index (χ4v) is 6.74. The lowest BCUT2D eigenvalue weighted by molar-refractivity contribution is 0.221. The first-order chi connectivity index (χ1) is 20.0. The van der Waals surface area contributed by atoms with E-state index in [1.54, 1.807) is 9.25 Å². The Morgan fingerprint density at radius 1 is 0.976 bits per heavy atom. The molecule has 2 aliphatic rings. The van der Waals surface area contributed by atoms with Gasteiger partial charge in [0.05, 0.1) is 22.9 Å². The molecule has 0 saturated carbocycles. The molecule has 3 aromatic heterocycles. The minimum absolute atomic E-state index is 0.00282. The summed E-state index contributed by atoms with van der Waals surface area (Å²) in [5.74, 6) is 0.787. The Bertz CT molecular complexity index is 1850. The number of aryl methyl sites for hydroxylation is 3. The molecule has 0 aliphatic carbocycles. The molecule has 8 nitrogen and oxygen atoms in total. The molecule has 210 valence electrons. The Hall–Kier alpha value is -4.01. The van der Waals surface area contributed by atoms with E-state index < -0.39 is 0 Å². The number of imidazole rings is 1. The molecule has 0 spiro atoms. The third-order valence-corrected chi connectivity index (χ3v) is 9.05. The van der Waals surface area contributed by atoms with Crippen molar-refractivity contribution in [3.8, 4) is 22.4 Å². The molecule has 5 aromatic rings.